The van der Waals surface area contributed by atoms with Crippen molar-refractivity contribution in [1.82, 2.24) is 15.2 Å². The molecule has 0 spiro atoms. The molecule has 1 unspecified atom stereocenters. The Bertz CT molecular complexity index is 408. The van der Waals surface area contributed by atoms with E-state index in [0.717, 1.165) is 19.6 Å². The average Bonchev–Trinajstić information content (AvgIpc) is 2.38. The topological polar surface area (TPSA) is 54.5 Å². The molecule has 1 aromatic rings. The van der Waals surface area contributed by atoms with Gasteiger partial charge in [0, 0.05) is 31.9 Å². The molecular weight excluding hydrogens is 218 g/mol. The predicted octanol–water partition coefficient (Wildman–Crippen LogP) is 0.524. The van der Waals surface area contributed by atoms with Crippen LogP contribution < -0.4 is 10.1 Å². The highest BCUT2D eigenvalue weighted by atomic mass is 16.5. The van der Waals surface area contributed by atoms with Gasteiger partial charge in [-0.15, -0.1) is 0 Å². The van der Waals surface area contributed by atoms with Gasteiger partial charge in [-0.2, -0.15) is 0 Å². The number of nitrogens with zero attached hydrogens (tertiary/aromatic N) is 2. The Kier molecular flexibility index (Phi) is 3.58. The number of hydrogen-bond acceptors (Lipinski definition) is 4. The summed E-state index contributed by atoms with van der Waals surface area (Å²) in [6.07, 6.45) is 3.18. The third-order valence-corrected chi connectivity index (χ3v) is 3.00. The Morgan fingerprint density at radius 3 is 3.18 bits per heavy atom. The van der Waals surface area contributed by atoms with Gasteiger partial charge >= 0.3 is 0 Å². The number of rotatable bonds is 2. The third kappa shape index (κ3) is 2.39. The number of hydrogen-bond donors (Lipinski definition) is 1. The van der Waals surface area contributed by atoms with E-state index >= 15 is 0 Å². The standard InChI is InChI=1S/C12H17N3O2/c1-9-7-14-5-6-15(9)12(16)10-3-4-13-8-11(10)17-2/h3-4,8-9,14H,5-7H2,1-2H3. The fourth-order valence-electron chi connectivity index (χ4n) is 2.02. The van der Waals surface area contributed by atoms with Crippen LogP contribution in [0.5, 0.6) is 5.75 Å². The van der Waals surface area contributed by atoms with Crippen molar-refractivity contribution in [3.05, 3.63) is 24.0 Å². The molecule has 92 valence electrons. The van der Waals surface area contributed by atoms with Crippen molar-refractivity contribution in [1.29, 1.82) is 0 Å². The van der Waals surface area contributed by atoms with Gasteiger partial charge in [-0.25, -0.2) is 0 Å². The molecule has 1 saturated heterocycles. The Balaban J connectivity index is 2.23. The maximum Gasteiger partial charge on any atom is 0.258 e. The number of methoxy groups -OCH3 is 1. The van der Waals surface area contributed by atoms with Crippen LogP contribution in [0.4, 0.5) is 0 Å². The van der Waals surface area contributed by atoms with E-state index in [1.165, 1.54) is 0 Å². The molecule has 2 rings (SSSR count). The Morgan fingerprint density at radius 1 is 1.65 bits per heavy atom. The zero-order valence-corrected chi connectivity index (χ0v) is 10.1. The quantitative estimate of drug-likeness (QED) is 0.812. The normalized spacial score (nSPS) is 20.1. The summed E-state index contributed by atoms with van der Waals surface area (Å²) in [5, 5.41) is 3.26. The van der Waals surface area contributed by atoms with Crippen LogP contribution in [-0.2, 0) is 0 Å². The second kappa shape index (κ2) is 5.14. The van der Waals surface area contributed by atoms with Gasteiger partial charge in [0.25, 0.3) is 5.91 Å². The van der Waals surface area contributed by atoms with Crippen molar-refractivity contribution in [2.45, 2.75) is 13.0 Å². The van der Waals surface area contributed by atoms with Crippen LogP contribution in [0.1, 0.15) is 17.3 Å². The van der Waals surface area contributed by atoms with Crippen molar-refractivity contribution >= 4 is 5.91 Å². The van der Waals surface area contributed by atoms with Crippen LogP contribution in [0.3, 0.4) is 0 Å². The summed E-state index contributed by atoms with van der Waals surface area (Å²) in [7, 11) is 1.55. The van der Waals surface area contributed by atoms with Crippen LogP contribution in [0.25, 0.3) is 0 Å². The van der Waals surface area contributed by atoms with E-state index in [1.807, 2.05) is 11.8 Å². The molecule has 1 atom stereocenters. The minimum atomic E-state index is 0.0123. The van der Waals surface area contributed by atoms with E-state index < -0.39 is 0 Å². The van der Waals surface area contributed by atoms with E-state index in [2.05, 4.69) is 10.3 Å². The Labute approximate surface area is 101 Å². The molecule has 0 radical (unpaired) electrons. The van der Waals surface area contributed by atoms with Crippen molar-refractivity contribution in [3.8, 4) is 5.75 Å². The molecule has 1 aliphatic heterocycles. The molecule has 0 aliphatic carbocycles. The second-order valence-corrected chi connectivity index (χ2v) is 4.13. The molecule has 1 fully saturated rings. The summed E-state index contributed by atoms with van der Waals surface area (Å²) < 4.78 is 5.17. The molecule has 1 aliphatic rings. The SMILES string of the molecule is COc1cnccc1C(=O)N1CCNCC1C. The Hall–Kier alpha value is -1.62. The number of piperazine rings is 1. The van der Waals surface area contributed by atoms with Gasteiger partial charge in [0.15, 0.2) is 0 Å². The fraction of sp³-hybridized carbons (Fsp3) is 0.500. The monoisotopic (exact) mass is 235 g/mol. The molecule has 0 bridgehead atoms. The predicted molar refractivity (Wildman–Crippen MR) is 64.2 cm³/mol. The number of ether oxygens (including phenoxy) is 1. The first-order chi connectivity index (χ1) is 8.24. The minimum Gasteiger partial charge on any atom is -0.494 e. The zero-order valence-electron chi connectivity index (χ0n) is 10.1. The zero-order chi connectivity index (χ0) is 12.3. The molecule has 1 aromatic heterocycles. The lowest BCUT2D eigenvalue weighted by Crippen LogP contribution is -2.52. The maximum absolute atomic E-state index is 12.4. The van der Waals surface area contributed by atoms with Crippen LogP contribution in [-0.4, -0.2) is 48.6 Å². The van der Waals surface area contributed by atoms with E-state index in [9.17, 15) is 4.79 Å². The molecule has 17 heavy (non-hydrogen) atoms. The molecule has 5 heteroatoms. The van der Waals surface area contributed by atoms with Gasteiger partial charge in [0.1, 0.15) is 5.75 Å². The summed E-state index contributed by atoms with van der Waals surface area (Å²) in [4.78, 5) is 18.2. The van der Waals surface area contributed by atoms with Crippen molar-refractivity contribution in [2.75, 3.05) is 26.7 Å². The van der Waals surface area contributed by atoms with E-state index in [1.54, 1.807) is 25.6 Å². The van der Waals surface area contributed by atoms with Gasteiger partial charge < -0.3 is 15.0 Å². The minimum absolute atomic E-state index is 0.0123. The molecule has 0 aromatic carbocycles. The molecule has 2 heterocycles. The summed E-state index contributed by atoms with van der Waals surface area (Å²) in [6.45, 7) is 4.44. The second-order valence-electron chi connectivity index (χ2n) is 4.13. The van der Waals surface area contributed by atoms with Gasteiger partial charge in [-0.05, 0) is 13.0 Å². The van der Waals surface area contributed by atoms with Crippen LogP contribution in [0.2, 0.25) is 0 Å². The smallest absolute Gasteiger partial charge is 0.258 e. The fourth-order valence-corrected chi connectivity index (χ4v) is 2.02. The summed E-state index contributed by atoms with van der Waals surface area (Å²) >= 11 is 0. The van der Waals surface area contributed by atoms with E-state index in [-0.39, 0.29) is 11.9 Å². The van der Waals surface area contributed by atoms with Crippen molar-refractivity contribution < 1.29 is 9.53 Å². The summed E-state index contributed by atoms with van der Waals surface area (Å²) in [5.41, 5.74) is 0.580. The van der Waals surface area contributed by atoms with E-state index in [0.29, 0.717) is 11.3 Å². The lowest BCUT2D eigenvalue weighted by atomic mass is 10.1. The number of nitrogens with one attached hydrogen (secondary N) is 1. The number of carbonyl (C=O) groups excluding carboxylic acids is 1. The van der Waals surface area contributed by atoms with E-state index in [4.69, 9.17) is 4.74 Å². The first kappa shape index (κ1) is 11.9. The van der Waals surface area contributed by atoms with Gasteiger partial charge in [0.05, 0.1) is 18.9 Å². The maximum atomic E-state index is 12.4. The number of carbonyl (C=O) groups is 1. The first-order valence-electron chi connectivity index (χ1n) is 5.73. The highest BCUT2D eigenvalue weighted by Gasteiger charge is 2.25. The first-order valence-corrected chi connectivity index (χ1v) is 5.73. The lowest BCUT2D eigenvalue weighted by Gasteiger charge is -2.34. The largest absolute Gasteiger partial charge is 0.494 e. The average molecular weight is 235 g/mol. The lowest BCUT2D eigenvalue weighted by molar-refractivity contribution is 0.0652. The third-order valence-electron chi connectivity index (χ3n) is 3.00. The Morgan fingerprint density at radius 2 is 2.47 bits per heavy atom. The van der Waals surface area contributed by atoms with Gasteiger partial charge in [-0.3, -0.25) is 9.78 Å². The van der Waals surface area contributed by atoms with Crippen molar-refractivity contribution in [3.63, 3.8) is 0 Å². The van der Waals surface area contributed by atoms with Gasteiger partial charge in [0.2, 0.25) is 0 Å². The molecule has 5 nitrogen and oxygen atoms in total. The number of pyridine rings is 1. The number of aromatic nitrogens is 1. The molecule has 0 saturated carbocycles. The van der Waals surface area contributed by atoms with Crippen LogP contribution in [0, 0.1) is 0 Å². The molecular formula is C12H17N3O2. The molecule has 1 amide bonds. The number of amides is 1. The summed E-state index contributed by atoms with van der Waals surface area (Å²) in [5.74, 6) is 0.543. The van der Waals surface area contributed by atoms with Gasteiger partial charge in [-0.1, -0.05) is 0 Å². The summed E-state index contributed by atoms with van der Waals surface area (Å²) in [6, 6.07) is 1.91. The van der Waals surface area contributed by atoms with Crippen LogP contribution >= 0.6 is 0 Å². The highest BCUT2D eigenvalue weighted by Crippen LogP contribution is 2.19. The van der Waals surface area contributed by atoms with Crippen LogP contribution in [0.15, 0.2) is 18.5 Å². The highest BCUT2D eigenvalue weighted by molar-refractivity contribution is 5.97. The molecule has 1 N–H and O–H groups in total. The van der Waals surface area contributed by atoms with Crippen molar-refractivity contribution in [2.24, 2.45) is 0 Å².